The molecule has 0 spiro atoms. The van der Waals surface area contributed by atoms with E-state index in [0.717, 1.165) is 12.8 Å². The van der Waals surface area contributed by atoms with Crippen LogP contribution in [0, 0.1) is 17.6 Å². The van der Waals surface area contributed by atoms with Gasteiger partial charge in [0.25, 0.3) is 0 Å². The summed E-state index contributed by atoms with van der Waals surface area (Å²) in [5.41, 5.74) is 0.00884. The van der Waals surface area contributed by atoms with Crippen molar-refractivity contribution in [2.45, 2.75) is 51.1 Å². The average molecular weight is 522 g/mol. The maximum atomic E-state index is 15.1. The number of rotatable bonds is 7. The van der Waals surface area contributed by atoms with Crippen molar-refractivity contribution < 1.29 is 27.9 Å². The molecule has 4 rings (SSSR count). The monoisotopic (exact) mass is 521 g/mol. The molecule has 1 unspecified atom stereocenters. The van der Waals surface area contributed by atoms with Gasteiger partial charge >= 0.3 is 0 Å². The van der Waals surface area contributed by atoms with Crippen LogP contribution < -0.4 is 15.5 Å². The SMILES string of the molecule is COCC(=O)N1CCC(C(C)(C)N2CCN(c3c(F)cc(NC4CCC(=O)NC4=O)cc3F)CC2)CC1. The third kappa shape index (κ3) is 6.04. The largest absolute Gasteiger partial charge is 0.375 e. The number of piperidine rings is 2. The molecule has 1 atom stereocenters. The lowest BCUT2D eigenvalue weighted by molar-refractivity contribution is -0.137. The number of carbonyl (C=O) groups is 3. The van der Waals surface area contributed by atoms with Crippen LogP contribution >= 0.6 is 0 Å². The molecule has 37 heavy (non-hydrogen) atoms. The van der Waals surface area contributed by atoms with Gasteiger partial charge in [-0.3, -0.25) is 24.6 Å². The second-order valence-corrected chi connectivity index (χ2v) is 10.7. The van der Waals surface area contributed by atoms with Crippen molar-refractivity contribution in [1.29, 1.82) is 0 Å². The van der Waals surface area contributed by atoms with Crippen LogP contribution in [-0.4, -0.2) is 92.1 Å². The van der Waals surface area contributed by atoms with Crippen LogP contribution in [0.25, 0.3) is 0 Å². The summed E-state index contributed by atoms with van der Waals surface area (Å²) < 4.78 is 35.1. The fraction of sp³-hybridized carbons (Fsp3) is 0.654. The van der Waals surface area contributed by atoms with E-state index >= 15 is 8.78 Å². The second kappa shape index (κ2) is 11.3. The molecule has 0 saturated carbocycles. The zero-order chi connectivity index (χ0) is 26.7. The van der Waals surface area contributed by atoms with E-state index in [1.54, 1.807) is 4.90 Å². The Hall–Kier alpha value is -2.79. The third-order valence-corrected chi connectivity index (χ3v) is 8.12. The summed E-state index contributed by atoms with van der Waals surface area (Å²) in [5, 5.41) is 5.07. The number of nitrogens with zero attached hydrogens (tertiary/aromatic N) is 3. The number of anilines is 2. The highest BCUT2D eigenvalue weighted by atomic mass is 19.1. The van der Waals surface area contributed by atoms with Crippen molar-refractivity contribution in [2.24, 2.45) is 5.92 Å². The maximum absolute atomic E-state index is 15.1. The molecule has 1 aromatic rings. The lowest BCUT2D eigenvalue weighted by atomic mass is 9.78. The van der Waals surface area contributed by atoms with Crippen LogP contribution in [0.2, 0.25) is 0 Å². The first-order chi connectivity index (χ1) is 17.6. The maximum Gasteiger partial charge on any atom is 0.249 e. The van der Waals surface area contributed by atoms with Crippen LogP contribution in [-0.2, 0) is 19.1 Å². The number of piperazine rings is 1. The standard InChI is InChI=1S/C26H37F2N5O4/c1-26(2,17-6-8-31(9-7-17)23(35)16-37-3)33-12-10-32(11-13-33)24-19(27)14-18(15-20(24)28)29-21-4-5-22(34)30-25(21)36/h14-15,17,21,29H,4-13,16H2,1-3H3,(H,30,34,36). The number of amides is 3. The number of ether oxygens (including phenoxy) is 1. The number of likely N-dealkylation sites (tertiary alicyclic amines) is 1. The average Bonchev–Trinajstić information content (AvgIpc) is 2.86. The Kier molecular flexibility index (Phi) is 8.33. The highest BCUT2D eigenvalue weighted by molar-refractivity contribution is 6.01. The fourth-order valence-corrected chi connectivity index (χ4v) is 5.80. The summed E-state index contributed by atoms with van der Waals surface area (Å²) in [5.74, 6) is -1.77. The van der Waals surface area contributed by atoms with Crippen LogP contribution in [0.4, 0.5) is 20.2 Å². The van der Waals surface area contributed by atoms with Gasteiger partial charge in [-0.25, -0.2) is 8.78 Å². The molecule has 3 aliphatic rings. The summed E-state index contributed by atoms with van der Waals surface area (Å²) in [6.07, 6.45) is 2.27. The first-order valence-electron chi connectivity index (χ1n) is 13.0. The zero-order valence-corrected chi connectivity index (χ0v) is 21.8. The molecule has 3 heterocycles. The van der Waals surface area contributed by atoms with Gasteiger partial charge in [-0.15, -0.1) is 0 Å². The van der Waals surface area contributed by atoms with E-state index in [4.69, 9.17) is 4.74 Å². The Morgan fingerprint density at radius 1 is 1.05 bits per heavy atom. The van der Waals surface area contributed by atoms with Gasteiger partial charge in [-0.2, -0.15) is 0 Å². The molecule has 0 radical (unpaired) electrons. The van der Waals surface area contributed by atoms with Crippen LogP contribution in [0.15, 0.2) is 12.1 Å². The predicted octanol–water partition coefficient (Wildman–Crippen LogP) is 1.97. The van der Waals surface area contributed by atoms with Gasteiger partial charge in [0.15, 0.2) is 11.6 Å². The Balaban J connectivity index is 1.34. The van der Waals surface area contributed by atoms with E-state index in [-0.39, 0.29) is 48.2 Å². The Labute approximate surface area is 216 Å². The number of methoxy groups -OCH3 is 1. The molecule has 0 aromatic heterocycles. The molecule has 3 saturated heterocycles. The first kappa shape index (κ1) is 27.3. The molecule has 0 aliphatic carbocycles. The molecule has 1 aromatic carbocycles. The third-order valence-electron chi connectivity index (χ3n) is 8.12. The van der Waals surface area contributed by atoms with Crippen molar-refractivity contribution >= 4 is 29.1 Å². The highest BCUT2D eigenvalue weighted by Gasteiger charge is 2.39. The van der Waals surface area contributed by atoms with Crippen LogP contribution in [0.1, 0.15) is 39.5 Å². The molecule has 11 heteroatoms. The number of halogens is 2. The zero-order valence-electron chi connectivity index (χ0n) is 21.8. The lowest BCUT2D eigenvalue weighted by Gasteiger charge is -2.50. The lowest BCUT2D eigenvalue weighted by Crippen LogP contribution is -2.59. The number of nitrogens with one attached hydrogen (secondary N) is 2. The van der Waals surface area contributed by atoms with Gasteiger partial charge < -0.3 is 19.9 Å². The van der Waals surface area contributed by atoms with Gasteiger partial charge in [0, 0.05) is 64.0 Å². The van der Waals surface area contributed by atoms with Crippen LogP contribution in [0.5, 0.6) is 0 Å². The summed E-state index contributed by atoms with van der Waals surface area (Å²) in [7, 11) is 1.53. The van der Waals surface area contributed by atoms with E-state index in [2.05, 4.69) is 29.4 Å². The van der Waals surface area contributed by atoms with Gasteiger partial charge in [0.2, 0.25) is 17.7 Å². The number of benzene rings is 1. The summed E-state index contributed by atoms with van der Waals surface area (Å²) in [6, 6.07) is 1.70. The molecule has 3 aliphatic heterocycles. The highest BCUT2D eigenvalue weighted by Crippen LogP contribution is 2.35. The van der Waals surface area contributed by atoms with Gasteiger partial charge in [0.05, 0.1) is 0 Å². The normalized spacial score (nSPS) is 22.2. The van der Waals surface area contributed by atoms with Gasteiger partial charge in [0.1, 0.15) is 18.3 Å². The predicted molar refractivity (Wildman–Crippen MR) is 135 cm³/mol. The van der Waals surface area contributed by atoms with Crippen molar-refractivity contribution in [1.82, 2.24) is 15.1 Å². The Bertz CT molecular complexity index is 997. The minimum absolute atomic E-state index is 0.0229. The summed E-state index contributed by atoms with van der Waals surface area (Å²) in [6.45, 7) is 8.29. The molecule has 3 fully saturated rings. The Morgan fingerprint density at radius 2 is 1.68 bits per heavy atom. The molecule has 2 N–H and O–H groups in total. The summed E-state index contributed by atoms with van der Waals surface area (Å²) in [4.78, 5) is 41.4. The molecular formula is C26H37F2N5O4. The topological polar surface area (TPSA) is 94.2 Å². The second-order valence-electron chi connectivity index (χ2n) is 10.7. The molecule has 3 amide bonds. The summed E-state index contributed by atoms with van der Waals surface area (Å²) >= 11 is 0. The van der Waals surface area contributed by atoms with Crippen molar-refractivity contribution in [3.8, 4) is 0 Å². The van der Waals surface area contributed by atoms with E-state index in [0.29, 0.717) is 45.2 Å². The van der Waals surface area contributed by atoms with Gasteiger partial charge in [-0.1, -0.05) is 0 Å². The minimum Gasteiger partial charge on any atom is -0.375 e. The van der Waals surface area contributed by atoms with Crippen molar-refractivity contribution in [3.63, 3.8) is 0 Å². The smallest absolute Gasteiger partial charge is 0.249 e. The van der Waals surface area contributed by atoms with Crippen molar-refractivity contribution in [3.05, 3.63) is 23.8 Å². The fourth-order valence-electron chi connectivity index (χ4n) is 5.80. The Morgan fingerprint density at radius 3 is 2.24 bits per heavy atom. The van der Waals surface area contributed by atoms with E-state index in [1.165, 1.54) is 19.2 Å². The molecular weight excluding hydrogens is 484 g/mol. The molecule has 0 bridgehead atoms. The van der Waals surface area contributed by atoms with Crippen LogP contribution in [0.3, 0.4) is 0 Å². The van der Waals surface area contributed by atoms with E-state index in [1.807, 2.05) is 4.90 Å². The van der Waals surface area contributed by atoms with E-state index < -0.39 is 23.6 Å². The molecule has 9 nitrogen and oxygen atoms in total. The first-order valence-corrected chi connectivity index (χ1v) is 13.0. The number of hydrogen-bond donors (Lipinski definition) is 2. The number of imide groups is 1. The van der Waals surface area contributed by atoms with Gasteiger partial charge in [-0.05, 0) is 51.2 Å². The number of carbonyl (C=O) groups excluding carboxylic acids is 3. The quantitative estimate of drug-likeness (QED) is 0.530. The van der Waals surface area contributed by atoms with Crippen molar-refractivity contribution in [2.75, 3.05) is 63.2 Å². The van der Waals surface area contributed by atoms with E-state index in [9.17, 15) is 14.4 Å². The molecule has 204 valence electrons. The number of hydrogen-bond acceptors (Lipinski definition) is 7. The minimum atomic E-state index is -0.710.